The van der Waals surface area contributed by atoms with E-state index in [1.54, 1.807) is 0 Å². The molecule has 1 heterocycles. The Morgan fingerprint density at radius 1 is 1.50 bits per heavy atom. The molecular formula is C9H15N3. The summed E-state index contributed by atoms with van der Waals surface area (Å²) in [5.74, 6) is 0.310. The normalized spacial score (nSPS) is 12.9. The second-order valence-corrected chi connectivity index (χ2v) is 3.05. The third-order valence-electron chi connectivity index (χ3n) is 2.01. The van der Waals surface area contributed by atoms with Gasteiger partial charge in [0, 0.05) is 18.2 Å². The highest BCUT2D eigenvalue weighted by Crippen LogP contribution is 2.14. The van der Waals surface area contributed by atoms with Gasteiger partial charge in [-0.25, -0.2) is 0 Å². The van der Waals surface area contributed by atoms with Crippen LogP contribution < -0.4 is 11.5 Å². The van der Waals surface area contributed by atoms with E-state index in [1.165, 1.54) is 0 Å². The quantitative estimate of drug-likeness (QED) is 0.688. The molecule has 12 heavy (non-hydrogen) atoms. The van der Waals surface area contributed by atoms with Gasteiger partial charge in [-0.05, 0) is 19.1 Å². The molecule has 66 valence electrons. The van der Waals surface area contributed by atoms with Gasteiger partial charge < -0.3 is 11.5 Å². The number of pyridine rings is 1. The minimum atomic E-state index is 0.310. The lowest BCUT2D eigenvalue weighted by Crippen LogP contribution is -2.11. The largest absolute Gasteiger partial charge is 0.397 e. The van der Waals surface area contributed by atoms with E-state index in [9.17, 15) is 0 Å². The Morgan fingerprint density at radius 3 is 2.67 bits per heavy atom. The molecule has 0 spiro atoms. The summed E-state index contributed by atoms with van der Waals surface area (Å²) >= 11 is 0. The molecule has 0 aromatic carbocycles. The van der Waals surface area contributed by atoms with Crippen LogP contribution in [0.4, 0.5) is 5.69 Å². The SMILES string of the molecule is Cc1nc(C(C)CN)ccc1N. The third kappa shape index (κ3) is 1.74. The van der Waals surface area contributed by atoms with Crippen molar-refractivity contribution in [2.75, 3.05) is 12.3 Å². The van der Waals surface area contributed by atoms with Gasteiger partial charge in [-0.1, -0.05) is 6.92 Å². The Morgan fingerprint density at radius 2 is 2.17 bits per heavy atom. The molecule has 4 N–H and O–H groups in total. The lowest BCUT2D eigenvalue weighted by atomic mass is 10.1. The predicted octanol–water partition coefficient (Wildman–Crippen LogP) is 1.03. The van der Waals surface area contributed by atoms with E-state index < -0.39 is 0 Å². The van der Waals surface area contributed by atoms with Crippen molar-refractivity contribution in [3.63, 3.8) is 0 Å². The molecule has 0 fully saturated rings. The van der Waals surface area contributed by atoms with E-state index in [0.29, 0.717) is 12.5 Å². The maximum absolute atomic E-state index is 5.64. The van der Waals surface area contributed by atoms with Crippen LogP contribution in [0.1, 0.15) is 24.2 Å². The highest BCUT2D eigenvalue weighted by atomic mass is 14.8. The van der Waals surface area contributed by atoms with Crippen molar-refractivity contribution in [3.05, 3.63) is 23.5 Å². The van der Waals surface area contributed by atoms with E-state index in [1.807, 2.05) is 19.1 Å². The van der Waals surface area contributed by atoms with Gasteiger partial charge >= 0.3 is 0 Å². The van der Waals surface area contributed by atoms with Crippen LogP contribution in [-0.2, 0) is 0 Å². The topological polar surface area (TPSA) is 64.9 Å². The van der Waals surface area contributed by atoms with Crippen molar-refractivity contribution in [3.8, 4) is 0 Å². The van der Waals surface area contributed by atoms with Crippen molar-refractivity contribution in [1.82, 2.24) is 4.98 Å². The summed E-state index contributed by atoms with van der Waals surface area (Å²) in [6, 6.07) is 3.81. The van der Waals surface area contributed by atoms with Crippen molar-refractivity contribution in [1.29, 1.82) is 0 Å². The molecule has 1 aromatic rings. The molecule has 0 saturated heterocycles. The van der Waals surface area contributed by atoms with Gasteiger partial charge in [0.15, 0.2) is 0 Å². The highest BCUT2D eigenvalue weighted by molar-refractivity contribution is 5.42. The number of hydrogen-bond acceptors (Lipinski definition) is 3. The van der Waals surface area contributed by atoms with Gasteiger partial charge in [0.25, 0.3) is 0 Å². The zero-order chi connectivity index (χ0) is 9.14. The van der Waals surface area contributed by atoms with Gasteiger partial charge in [0.05, 0.1) is 11.4 Å². The average Bonchev–Trinajstić information content (AvgIpc) is 2.08. The van der Waals surface area contributed by atoms with Gasteiger partial charge in [0.2, 0.25) is 0 Å². The zero-order valence-electron chi connectivity index (χ0n) is 7.54. The summed E-state index contributed by atoms with van der Waals surface area (Å²) in [4.78, 5) is 4.34. The van der Waals surface area contributed by atoms with Crippen molar-refractivity contribution in [2.24, 2.45) is 5.73 Å². The van der Waals surface area contributed by atoms with Gasteiger partial charge in [-0.2, -0.15) is 0 Å². The Kier molecular flexibility index (Phi) is 2.65. The maximum atomic E-state index is 5.64. The molecule has 1 aromatic heterocycles. The van der Waals surface area contributed by atoms with E-state index >= 15 is 0 Å². The molecule has 1 rings (SSSR count). The lowest BCUT2D eigenvalue weighted by Gasteiger charge is -2.09. The Hall–Kier alpha value is -1.09. The minimum Gasteiger partial charge on any atom is -0.397 e. The first kappa shape index (κ1) is 9.00. The van der Waals surface area contributed by atoms with Crippen molar-refractivity contribution < 1.29 is 0 Å². The molecule has 0 bridgehead atoms. The molecule has 0 aliphatic rings. The number of hydrogen-bond donors (Lipinski definition) is 2. The number of anilines is 1. The van der Waals surface area contributed by atoms with Crippen LogP contribution >= 0.6 is 0 Å². The molecule has 3 heteroatoms. The fourth-order valence-corrected chi connectivity index (χ4v) is 0.986. The summed E-state index contributed by atoms with van der Waals surface area (Å²) < 4.78 is 0. The van der Waals surface area contributed by atoms with Crippen LogP contribution in [0.15, 0.2) is 12.1 Å². The zero-order valence-corrected chi connectivity index (χ0v) is 7.54. The second-order valence-electron chi connectivity index (χ2n) is 3.05. The molecular weight excluding hydrogens is 150 g/mol. The summed E-state index contributed by atoms with van der Waals surface area (Å²) in [6.45, 7) is 4.58. The predicted molar refractivity (Wildman–Crippen MR) is 50.9 cm³/mol. The van der Waals surface area contributed by atoms with Crippen molar-refractivity contribution in [2.45, 2.75) is 19.8 Å². The number of aryl methyl sites for hydroxylation is 1. The van der Waals surface area contributed by atoms with Crippen LogP contribution in [0.25, 0.3) is 0 Å². The monoisotopic (exact) mass is 165 g/mol. The molecule has 0 amide bonds. The molecule has 0 saturated carbocycles. The molecule has 3 nitrogen and oxygen atoms in total. The molecule has 1 atom stereocenters. The van der Waals surface area contributed by atoms with E-state index in [4.69, 9.17) is 11.5 Å². The number of rotatable bonds is 2. The van der Waals surface area contributed by atoms with Crippen LogP contribution in [0.2, 0.25) is 0 Å². The average molecular weight is 165 g/mol. The first-order valence-electron chi connectivity index (χ1n) is 4.08. The number of aromatic nitrogens is 1. The van der Waals surface area contributed by atoms with Gasteiger partial charge in [-0.3, -0.25) is 4.98 Å². The Bertz CT molecular complexity index is 270. The molecule has 0 radical (unpaired) electrons. The standard InChI is InChI=1S/C9H15N3/c1-6(5-10)9-4-3-8(11)7(2)12-9/h3-4,6H,5,10-11H2,1-2H3. The fraction of sp³-hybridized carbons (Fsp3) is 0.444. The minimum absolute atomic E-state index is 0.310. The third-order valence-corrected chi connectivity index (χ3v) is 2.01. The van der Waals surface area contributed by atoms with Crippen LogP contribution in [0, 0.1) is 6.92 Å². The fourth-order valence-electron chi connectivity index (χ4n) is 0.986. The number of nitrogens with two attached hydrogens (primary N) is 2. The first-order chi connectivity index (χ1) is 5.65. The summed E-state index contributed by atoms with van der Waals surface area (Å²) in [5.41, 5.74) is 13.8. The summed E-state index contributed by atoms with van der Waals surface area (Å²) in [6.07, 6.45) is 0. The maximum Gasteiger partial charge on any atom is 0.0605 e. The van der Waals surface area contributed by atoms with Gasteiger partial charge in [-0.15, -0.1) is 0 Å². The van der Waals surface area contributed by atoms with Crippen LogP contribution in [-0.4, -0.2) is 11.5 Å². The smallest absolute Gasteiger partial charge is 0.0605 e. The lowest BCUT2D eigenvalue weighted by molar-refractivity contribution is 0.742. The van der Waals surface area contributed by atoms with Crippen LogP contribution in [0.5, 0.6) is 0 Å². The summed E-state index contributed by atoms with van der Waals surface area (Å²) in [7, 11) is 0. The molecule has 1 unspecified atom stereocenters. The summed E-state index contributed by atoms with van der Waals surface area (Å²) in [5, 5.41) is 0. The second kappa shape index (κ2) is 3.54. The Labute approximate surface area is 72.8 Å². The Balaban J connectivity index is 2.96. The van der Waals surface area contributed by atoms with Gasteiger partial charge in [0.1, 0.15) is 0 Å². The molecule has 0 aliphatic heterocycles. The van der Waals surface area contributed by atoms with E-state index in [2.05, 4.69) is 11.9 Å². The van der Waals surface area contributed by atoms with E-state index in [0.717, 1.165) is 17.1 Å². The highest BCUT2D eigenvalue weighted by Gasteiger charge is 2.05. The number of nitrogen functional groups attached to an aromatic ring is 1. The van der Waals surface area contributed by atoms with E-state index in [-0.39, 0.29) is 0 Å². The van der Waals surface area contributed by atoms with Crippen molar-refractivity contribution >= 4 is 5.69 Å². The first-order valence-corrected chi connectivity index (χ1v) is 4.08. The molecule has 0 aliphatic carbocycles. The number of nitrogens with zero attached hydrogens (tertiary/aromatic N) is 1. The van der Waals surface area contributed by atoms with Crippen LogP contribution in [0.3, 0.4) is 0 Å².